The Morgan fingerprint density at radius 3 is 2.89 bits per heavy atom. The first-order valence-electron chi connectivity index (χ1n) is 11.9. The van der Waals surface area contributed by atoms with Crippen LogP contribution in [-0.2, 0) is 30.8 Å². The molecule has 1 aliphatic carbocycles. The van der Waals surface area contributed by atoms with Gasteiger partial charge in [0.05, 0.1) is 11.3 Å². The predicted octanol–water partition coefficient (Wildman–Crippen LogP) is 4.68. The van der Waals surface area contributed by atoms with Crippen molar-refractivity contribution >= 4 is 39.9 Å². The quantitative estimate of drug-likeness (QED) is 0.294. The van der Waals surface area contributed by atoms with Gasteiger partial charge >= 0.3 is 0 Å². The molecule has 190 valence electrons. The van der Waals surface area contributed by atoms with Crippen LogP contribution in [0.25, 0.3) is 0 Å². The maximum atomic E-state index is 12.8. The Balaban J connectivity index is 1.42. The number of amides is 2. The Morgan fingerprint density at radius 1 is 1.36 bits per heavy atom. The van der Waals surface area contributed by atoms with Crippen molar-refractivity contribution in [3.05, 3.63) is 63.8 Å². The number of carbonyl (C=O) groups is 2. The van der Waals surface area contributed by atoms with Gasteiger partial charge in [-0.2, -0.15) is 0 Å². The van der Waals surface area contributed by atoms with Gasteiger partial charge < -0.3 is 15.8 Å². The number of aryl methyl sites for hydroxylation is 2. The molecule has 3 N–H and O–H groups in total. The number of nitrogens with two attached hydrogens (primary N) is 1. The lowest BCUT2D eigenvalue weighted by Gasteiger charge is -2.18. The van der Waals surface area contributed by atoms with Gasteiger partial charge in [0, 0.05) is 11.4 Å². The fraction of sp³-hybridized carbons (Fsp3) is 0.385. The van der Waals surface area contributed by atoms with E-state index in [1.165, 1.54) is 28.7 Å². The summed E-state index contributed by atoms with van der Waals surface area (Å²) in [5.74, 6) is 1.39. The van der Waals surface area contributed by atoms with Gasteiger partial charge in [0.1, 0.15) is 17.4 Å². The Bertz CT molecular complexity index is 1300. The summed E-state index contributed by atoms with van der Waals surface area (Å²) in [7, 11) is 0. The Morgan fingerprint density at radius 2 is 2.17 bits per heavy atom. The Hall–Kier alpha value is -3.11. The second-order valence-electron chi connectivity index (χ2n) is 9.11. The van der Waals surface area contributed by atoms with Crippen molar-refractivity contribution in [1.82, 2.24) is 14.8 Å². The van der Waals surface area contributed by atoms with Crippen LogP contribution in [-0.4, -0.2) is 32.3 Å². The molecule has 10 heteroatoms. The monoisotopic (exact) mass is 525 g/mol. The normalized spacial score (nSPS) is 14.8. The molecule has 1 aliphatic rings. The van der Waals surface area contributed by atoms with Gasteiger partial charge in [-0.3, -0.25) is 14.2 Å². The zero-order valence-electron chi connectivity index (χ0n) is 20.8. The number of thiophene rings is 1. The fourth-order valence-electron chi connectivity index (χ4n) is 4.34. The van der Waals surface area contributed by atoms with E-state index in [2.05, 4.69) is 35.1 Å². The minimum atomic E-state index is -0.496. The van der Waals surface area contributed by atoms with Gasteiger partial charge in [-0.1, -0.05) is 42.5 Å². The lowest BCUT2D eigenvalue weighted by Crippen LogP contribution is -2.20. The van der Waals surface area contributed by atoms with Gasteiger partial charge in [0.25, 0.3) is 5.91 Å². The first kappa shape index (κ1) is 26.0. The first-order valence-corrected chi connectivity index (χ1v) is 13.7. The number of hydrogen-bond donors (Lipinski definition) is 2. The number of fused-ring (bicyclic) bond motifs is 1. The van der Waals surface area contributed by atoms with Crippen molar-refractivity contribution in [1.29, 1.82) is 0 Å². The second-order valence-corrected chi connectivity index (χ2v) is 11.2. The van der Waals surface area contributed by atoms with Crippen LogP contribution in [0.4, 0.5) is 5.00 Å². The van der Waals surface area contributed by atoms with E-state index in [1.54, 1.807) is 6.08 Å². The van der Waals surface area contributed by atoms with Crippen LogP contribution in [0.2, 0.25) is 0 Å². The van der Waals surface area contributed by atoms with Crippen molar-refractivity contribution in [3.8, 4) is 5.75 Å². The first-order chi connectivity index (χ1) is 17.3. The van der Waals surface area contributed by atoms with Crippen molar-refractivity contribution < 1.29 is 14.3 Å². The summed E-state index contributed by atoms with van der Waals surface area (Å²) in [5, 5.41) is 12.6. The van der Waals surface area contributed by atoms with E-state index in [9.17, 15) is 9.59 Å². The third-order valence-corrected chi connectivity index (χ3v) is 8.27. The number of allylic oxidation sites excluding steroid dienone is 1. The zero-order chi connectivity index (χ0) is 25.8. The molecule has 1 atom stereocenters. The lowest BCUT2D eigenvalue weighted by molar-refractivity contribution is -0.113. The van der Waals surface area contributed by atoms with Crippen LogP contribution in [0.5, 0.6) is 5.75 Å². The van der Waals surface area contributed by atoms with E-state index in [0.717, 1.165) is 41.0 Å². The number of carbonyl (C=O) groups excluding carboxylic acids is 2. The summed E-state index contributed by atoms with van der Waals surface area (Å²) >= 11 is 2.73. The van der Waals surface area contributed by atoms with Gasteiger partial charge in [-0.15, -0.1) is 28.1 Å². The molecule has 2 heterocycles. The average molecular weight is 526 g/mol. The molecule has 2 aromatic heterocycles. The smallest absolute Gasteiger partial charge is 0.251 e. The Labute approximate surface area is 219 Å². The number of thioether (sulfide) groups is 1. The van der Waals surface area contributed by atoms with Crippen LogP contribution in [0.1, 0.15) is 51.1 Å². The van der Waals surface area contributed by atoms with Gasteiger partial charge in [0.2, 0.25) is 5.91 Å². The third kappa shape index (κ3) is 5.82. The molecule has 0 aliphatic heterocycles. The maximum Gasteiger partial charge on any atom is 0.251 e. The van der Waals surface area contributed by atoms with E-state index < -0.39 is 5.91 Å². The SMILES string of the molecule is C=CCn1c(COc2ccc(C)cc2C)nnc1SCC(=O)Nc1sc2c(c1C(N)=O)CCC(C)C2. The third-order valence-electron chi connectivity index (χ3n) is 6.14. The number of nitrogens with one attached hydrogen (secondary N) is 1. The van der Waals surface area contributed by atoms with Gasteiger partial charge in [-0.05, 0) is 56.2 Å². The molecule has 3 aromatic rings. The molecular weight excluding hydrogens is 494 g/mol. The van der Waals surface area contributed by atoms with Crippen LogP contribution >= 0.6 is 23.1 Å². The molecule has 0 fully saturated rings. The number of anilines is 1. The molecule has 36 heavy (non-hydrogen) atoms. The van der Waals surface area contributed by atoms with E-state index >= 15 is 0 Å². The van der Waals surface area contributed by atoms with Crippen LogP contribution in [0.15, 0.2) is 36.0 Å². The highest BCUT2D eigenvalue weighted by molar-refractivity contribution is 7.99. The van der Waals surface area contributed by atoms with E-state index in [4.69, 9.17) is 10.5 Å². The van der Waals surface area contributed by atoms with Crippen molar-refractivity contribution in [3.63, 3.8) is 0 Å². The summed E-state index contributed by atoms with van der Waals surface area (Å²) in [6.07, 6.45) is 4.49. The minimum Gasteiger partial charge on any atom is -0.485 e. The molecule has 4 rings (SSSR count). The predicted molar refractivity (Wildman–Crippen MR) is 144 cm³/mol. The molecule has 0 bridgehead atoms. The van der Waals surface area contributed by atoms with Crippen LogP contribution in [0, 0.1) is 19.8 Å². The summed E-state index contributed by atoms with van der Waals surface area (Å²) in [6, 6.07) is 6.02. The molecule has 0 spiro atoms. The maximum absolute atomic E-state index is 12.8. The number of aromatic nitrogens is 3. The molecule has 0 radical (unpaired) electrons. The Kier molecular flexibility index (Phi) is 8.15. The van der Waals surface area contributed by atoms with Crippen molar-refractivity contribution in [2.45, 2.75) is 58.3 Å². The van der Waals surface area contributed by atoms with E-state index in [1.807, 2.05) is 30.5 Å². The largest absolute Gasteiger partial charge is 0.485 e. The molecule has 1 aromatic carbocycles. The van der Waals surface area contributed by atoms with Gasteiger partial charge in [0.15, 0.2) is 11.0 Å². The number of nitrogens with zero attached hydrogens (tertiary/aromatic N) is 3. The highest BCUT2D eigenvalue weighted by Gasteiger charge is 2.27. The highest BCUT2D eigenvalue weighted by atomic mass is 32.2. The lowest BCUT2D eigenvalue weighted by atomic mass is 9.88. The standard InChI is InChI=1S/C26H31N5O3S2/c1-5-10-31-21(13-34-19-9-7-15(2)11-17(19)4)29-30-26(31)35-14-22(32)28-25-23(24(27)33)18-8-6-16(3)12-20(18)36-25/h5,7,9,11,16H,1,6,8,10,12-14H2,2-4H3,(H2,27,33)(H,28,32). The second kappa shape index (κ2) is 11.3. The molecule has 0 saturated carbocycles. The molecule has 8 nitrogen and oxygen atoms in total. The number of rotatable bonds is 10. The summed E-state index contributed by atoms with van der Waals surface area (Å²) in [5.41, 5.74) is 9.35. The van der Waals surface area contributed by atoms with Crippen LogP contribution in [0.3, 0.4) is 0 Å². The molecule has 0 saturated heterocycles. The molecule has 2 amide bonds. The van der Waals surface area contributed by atoms with Gasteiger partial charge in [-0.25, -0.2) is 0 Å². The van der Waals surface area contributed by atoms with E-state index in [-0.39, 0.29) is 18.3 Å². The summed E-state index contributed by atoms with van der Waals surface area (Å²) in [4.78, 5) is 26.1. The number of primary amides is 1. The molecular formula is C26H31N5O3S2. The highest BCUT2D eigenvalue weighted by Crippen LogP contribution is 2.39. The van der Waals surface area contributed by atoms with Crippen LogP contribution < -0.4 is 15.8 Å². The number of ether oxygens (including phenoxy) is 1. The molecule has 1 unspecified atom stereocenters. The summed E-state index contributed by atoms with van der Waals surface area (Å²) < 4.78 is 7.86. The van der Waals surface area contributed by atoms with Crippen molar-refractivity contribution in [2.24, 2.45) is 11.7 Å². The number of benzene rings is 1. The van der Waals surface area contributed by atoms with E-state index in [0.29, 0.717) is 34.0 Å². The zero-order valence-corrected chi connectivity index (χ0v) is 22.4. The fourth-order valence-corrected chi connectivity index (χ4v) is 6.54. The van der Waals surface area contributed by atoms with Crippen molar-refractivity contribution in [2.75, 3.05) is 11.1 Å². The topological polar surface area (TPSA) is 112 Å². The number of hydrogen-bond acceptors (Lipinski definition) is 7. The average Bonchev–Trinajstić information content (AvgIpc) is 3.37. The summed E-state index contributed by atoms with van der Waals surface area (Å²) in [6.45, 7) is 10.8. The minimum absolute atomic E-state index is 0.115.